The fourth-order valence-electron chi connectivity index (χ4n) is 4.13. The SMILES string of the molecule is COCCCN1CC(CC(C)C)NCC12CCCCC2. The van der Waals surface area contributed by atoms with Crippen molar-refractivity contribution in [2.24, 2.45) is 5.92 Å². The molecule has 20 heavy (non-hydrogen) atoms. The molecular weight excluding hydrogens is 248 g/mol. The van der Waals surface area contributed by atoms with Crippen LogP contribution in [0.25, 0.3) is 0 Å². The zero-order valence-electron chi connectivity index (χ0n) is 13.8. The first-order chi connectivity index (χ1) is 9.66. The zero-order chi connectivity index (χ0) is 14.4. The third kappa shape index (κ3) is 4.19. The average molecular weight is 282 g/mol. The number of nitrogens with zero attached hydrogens (tertiary/aromatic N) is 1. The summed E-state index contributed by atoms with van der Waals surface area (Å²) in [5.74, 6) is 0.786. The van der Waals surface area contributed by atoms with Crippen LogP contribution in [0, 0.1) is 5.92 Å². The summed E-state index contributed by atoms with van der Waals surface area (Å²) in [5.41, 5.74) is 0.458. The van der Waals surface area contributed by atoms with Gasteiger partial charge in [0.2, 0.25) is 0 Å². The Kier molecular flexibility index (Phi) is 6.31. The second kappa shape index (κ2) is 7.77. The molecular formula is C17H34N2O. The van der Waals surface area contributed by atoms with Crippen LogP contribution >= 0.6 is 0 Å². The van der Waals surface area contributed by atoms with E-state index in [-0.39, 0.29) is 0 Å². The number of nitrogens with one attached hydrogen (secondary N) is 1. The van der Waals surface area contributed by atoms with Crippen molar-refractivity contribution in [3.05, 3.63) is 0 Å². The maximum Gasteiger partial charge on any atom is 0.0474 e. The molecule has 2 rings (SSSR count). The third-order valence-electron chi connectivity index (χ3n) is 5.15. The van der Waals surface area contributed by atoms with Gasteiger partial charge in [-0.25, -0.2) is 0 Å². The van der Waals surface area contributed by atoms with Crippen LogP contribution in [0.15, 0.2) is 0 Å². The highest BCUT2D eigenvalue weighted by Gasteiger charge is 2.41. The molecule has 1 aliphatic heterocycles. The van der Waals surface area contributed by atoms with E-state index in [1.807, 2.05) is 7.11 Å². The van der Waals surface area contributed by atoms with Crippen LogP contribution in [0.4, 0.5) is 0 Å². The minimum absolute atomic E-state index is 0.458. The number of methoxy groups -OCH3 is 1. The molecule has 2 fully saturated rings. The van der Waals surface area contributed by atoms with E-state index < -0.39 is 0 Å². The highest BCUT2D eigenvalue weighted by molar-refractivity contribution is 5.00. The summed E-state index contributed by atoms with van der Waals surface area (Å²) in [6.07, 6.45) is 9.52. The van der Waals surface area contributed by atoms with Gasteiger partial charge in [0.15, 0.2) is 0 Å². The van der Waals surface area contributed by atoms with Crippen molar-refractivity contribution < 1.29 is 4.74 Å². The zero-order valence-corrected chi connectivity index (χ0v) is 13.8. The van der Waals surface area contributed by atoms with Crippen LogP contribution in [0.3, 0.4) is 0 Å². The van der Waals surface area contributed by atoms with Crippen LogP contribution < -0.4 is 5.32 Å². The van der Waals surface area contributed by atoms with Crippen LogP contribution in [0.5, 0.6) is 0 Å². The molecule has 1 spiro atoms. The van der Waals surface area contributed by atoms with Crippen molar-refractivity contribution in [2.75, 3.05) is 33.4 Å². The lowest BCUT2D eigenvalue weighted by atomic mass is 9.78. The summed E-state index contributed by atoms with van der Waals surface area (Å²) in [6, 6.07) is 0.685. The van der Waals surface area contributed by atoms with Gasteiger partial charge >= 0.3 is 0 Å². The second-order valence-corrected chi connectivity index (χ2v) is 7.28. The van der Waals surface area contributed by atoms with Gasteiger partial charge in [-0.15, -0.1) is 0 Å². The Bertz CT molecular complexity index is 274. The van der Waals surface area contributed by atoms with Gasteiger partial charge in [0, 0.05) is 44.9 Å². The highest BCUT2D eigenvalue weighted by Crippen LogP contribution is 2.36. The number of hydrogen-bond acceptors (Lipinski definition) is 3. The monoisotopic (exact) mass is 282 g/mol. The Labute approximate surface area is 125 Å². The molecule has 0 amide bonds. The maximum atomic E-state index is 5.26. The minimum atomic E-state index is 0.458. The number of rotatable bonds is 6. The van der Waals surface area contributed by atoms with E-state index in [2.05, 4.69) is 24.1 Å². The second-order valence-electron chi connectivity index (χ2n) is 7.28. The van der Waals surface area contributed by atoms with Crippen molar-refractivity contribution in [3.8, 4) is 0 Å². The molecule has 1 heterocycles. The van der Waals surface area contributed by atoms with E-state index in [4.69, 9.17) is 4.74 Å². The van der Waals surface area contributed by atoms with Gasteiger partial charge in [-0.2, -0.15) is 0 Å². The third-order valence-corrected chi connectivity index (χ3v) is 5.15. The minimum Gasteiger partial charge on any atom is -0.385 e. The Balaban J connectivity index is 1.96. The van der Waals surface area contributed by atoms with Gasteiger partial charge in [-0.1, -0.05) is 33.1 Å². The molecule has 1 N–H and O–H groups in total. The van der Waals surface area contributed by atoms with Gasteiger partial charge < -0.3 is 10.1 Å². The Morgan fingerprint density at radius 1 is 1.25 bits per heavy atom. The molecule has 3 heteroatoms. The van der Waals surface area contributed by atoms with Crippen molar-refractivity contribution in [1.82, 2.24) is 10.2 Å². The summed E-state index contributed by atoms with van der Waals surface area (Å²) in [7, 11) is 1.82. The van der Waals surface area contributed by atoms with Crippen LogP contribution in [-0.2, 0) is 4.74 Å². The normalized spacial score (nSPS) is 27.3. The summed E-state index contributed by atoms with van der Waals surface area (Å²) < 4.78 is 5.26. The number of ether oxygens (including phenoxy) is 1. The van der Waals surface area contributed by atoms with Crippen molar-refractivity contribution in [1.29, 1.82) is 0 Å². The Morgan fingerprint density at radius 3 is 2.65 bits per heavy atom. The predicted molar refractivity (Wildman–Crippen MR) is 85.1 cm³/mol. The maximum absolute atomic E-state index is 5.26. The Hall–Kier alpha value is -0.120. The smallest absolute Gasteiger partial charge is 0.0474 e. The van der Waals surface area contributed by atoms with E-state index in [0.29, 0.717) is 11.6 Å². The van der Waals surface area contributed by atoms with Gasteiger partial charge in [-0.3, -0.25) is 4.90 Å². The Morgan fingerprint density at radius 2 is 2.00 bits per heavy atom. The first-order valence-electron chi connectivity index (χ1n) is 8.64. The lowest BCUT2D eigenvalue weighted by molar-refractivity contribution is 0.00165. The standard InChI is InChI=1S/C17H34N2O/c1-15(2)12-16-13-19(10-7-11-20-3)17(14-18-16)8-5-4-6-9-17/h15-16,18H,4-14H2,1-3H3. The number of hydrogen-bond donors (Lipinski definition) is 1. The molecule has 0 aromatic heterocycles. The van der Waals surface area contributed by atoms with E-state index in [0.717, 1.165) is 12.5 Å². The van der Waals surface area contributed by atoms with Gasteiger partial charge in [0.25, 0.3) is 0 Å². The van der Waals surface area contributed by atoms with E-state index in [9.17, 15) is 0 Å². The summed E-state index contributed by atoms with van der Waals surface area (Å²) in [4.78, 5) is 2.81. The molecule has 1 saturated carbocycles. The number of piperazine rings is 1. The van der Waals surface area contributed by atoms with Gasteiger partial charge in [-0.05, 0) is 31.6 Å². The molecule has 3 nitrogen and oxygen atoms in total. The van der Waals surface area contributed by atoms with Crippen molar-refractivity contribution >= 4 is 0 Å². The molecule has 1 saturated heterocycles. The van der Waals surface area contributed by atoms with Gasteiger partial charge in [0.1, 0.15) is 0 Å². The molecule has 1 aliphatic carbocycles. The van der Waals surface area contributed by atoms with E-state index >= 15 is 0 Å². The summed E-state index contributed by atoms with van der Waals surface area (Å²) in [6.45, 7) is 9.22. The molecule has 0 aromatic carbocycles. The fraction of sp³-hybridized carbons (Fsp3) is 1.00. The van der Waals surface area contributed by atoms with E-state index in [1.165, 1.54) is 64.6 Å². The van der Waals surface area contributed by atoms with Crippen molar-refractivity contribution in [2.45, 2.75) is 70.4 Å². The first kappa shape index (κ1) is 16.3. The quantitative estimate of drug-likeness (QED) is 0.758. The van der Waals surface area contributed by atoms with Crippen LogP contribution in [0.2, 0.25) is 0 Å². The lowest BCUT2D eigenvalue weighted by Gasteiger charge is -2.52. The molecule has 0 bridgehead atoms. The highest BCUT2D eigenvalue weighted by atomic mass is 16.5. The fourth-order valence-corrected chi connectivity index (χ4v) is 4.13. The molecule has 118 valence electrons. The molecule has 1 atom stereocenters. The predicted octanol–water partition coefficient (Wildman–Crippen LogP) is 3.05. The summed E-state index contributed by atoms with van der Waals surface area (Å²) in [5, 5.41) is 3.86. The first-order valence-corrected chi connectivity index (χ1v) is 8.64. The largest absolute Gasteiger partial charge is 0.385 e. The van der Waals surface area contributed by atoms with Crippen molar-refractivity contribution in [3.63, 3.8) is 0 Å². The lowest BCUT2D eigenvalue weighted by Crippen LogP contribution is -2.65. The summed E-state index contributed by atoms with van der Waals surface area (Å²) >= 11 is 0. The molecule has 1 unspecified atom stereocenters. The average Bonchev–Trinajstić information content (AvgIpc) is 2.43. The van der Waals surface area contributed by atoms with E-state index in [1.54, 1.807) is 0 Å². The van der Waals surface area contributed by atoms with Crippen LogP contribution in [0.1, 0.15) is 58.8 Å². The molecule has 0 aromatic rings. The molecule has 0 radical (unpaired) electrons. The van der Waals surface area contributed by atoms with Crippen LogP contribution in [-0.4, -0.2) is 49.8 Å². The topological polar surface area (TPSA) is 24.5 Å². The molecule has 2 aliphatic rings. The van der Waals surface area contributed by atoms with Gasteiger partial charge in [0.05, 0.1) is 0 Å².